The van der Waals surface area contributed by atoms with Crippen LogP contribution in [0.3, 0.4) is 0 Å². The van der Waals surface area contributed by atoms with Gasteiger partial charge in [-0.1, -0.05) is 57.9 Å². The summed E-state index contributed by atoms with van der Waals surface area (Å²) in [4.78, 5) is 34.0. The molecule has 150 valence electrons. The Morgan fingerprint density at radius 1 is 0.800 bits per heavy atom. The number of hydrogen-bond acceptors (Lipinski definition) is 4. The van der Waals surface area contributed by atoms with Crippen LogP contribution in [0.5, 0.6) is 0 Å². The van der Waals surface area contributed by atoms with Gasteiger partial charge in [0, 0.05) is 9.50 Å². The molecule has 0 aliphatic carbocycles. The first-order chi connectivity index (χ1) is 14.5. The van der Waals surface area contributed by atoms with Gasteiger partial charge in [0.15, 0.2) is 6.10 Å². The van der Waals surface area contributed by atoms with E-state index in [4.69, 9.17) is 16.4 Å². The number of nitrogens with zero attached hydrogens (tertiary/aromatic N) is 2. The third kappa shape index (κ3) is 3.12. The highest BCUT2D eigenvalue weighted by Gasteiger charge is 2.60. The summed E-state index contributed by atoms with van der Waals surface area (Å²) < 4.78 is 0.935. The Kier molecular flexibility index (Phi) is 4.85. The lowest BCUT2D eigenvalue weighted by Crippen LogP contribution is -2.37. The van der Waals surface area contributed by atoms with Gasteiger partial charge in [-0.2, -0.15) is 0 Å². The minimum Gasteiger partial charge on any atom is -0.273 e. The first kappa shape index (κ1) is 19.3. The zero-order valence-corrected chi connectivity index (χ0v) is 18.0. The highest BCUT2D eigenvalue weighted by molar-refractivity contribution is 9.10. The quantitative estimate of drug-likeness (QED) is 0.483. The molecule has 2 aliphatic heterocycles. The molecule has 3 aromatic carbocycles. The van der Waals surface area contributed by atoms with E-state index in [1.807, 2.05) is 54.6 Å². The minimum atomic E-state index is -0.887. The predicted octanol–water partition coefficient (Wildman–Crippen LogP) is 5.15. The number of carbonyl (C=O) groups excluding carboxylic acids is 2. The van der Waals surface area contributed by atoms with E-state index >= 15 is 0 Å². The standard InChI is InChI=1S/C23H16BrClN2O3/c24-15-8-6-14(7-9-15)20-19-21(30-27(20)18-4-2-1-3-5-18)23(29)26(22(19)28)17-12-10-16(25)11-13-17/h1-13,19-21H/t19-,20+,21+/m1/s1. The van der Waals surface area contributed by atoms with E-state index in [1.165, 1.54) is 4.90 Å². The van der Waals surface area contributed by atoms with Crippen LogP contribution in [0.25, 0.3) is 0 Å². The zero-order valence-electron chi connectivity index (χ0n) is 15.6. The maximum absolute atomic E-state index is 13.5. The van der Waals surface area contributed by atoms with Crippen LogP contribution in [0.1, 0.15) is 11.6 Å². The summed E-state index contributed by atoms with van der Waals surface area (Å²) in [6.45, 7) is 0. The summed E-state index contributed by atoms with van der Waals surface area (Å²) >= 11 is 9.42. The van der Waals surface area contributed by atoms with Gasteiger partial charge in [-0.05, 0) is 54.1 Å². The second-order valence-electron chi connectivity index (χ2n) is 7.20. The van der Waals surface area contributed by atoms with Crippen LogP contribution in [0.15, 0.2) is 83.3 Å². The Bertz CT molecular complexity index is 1110. The molecule has 2 saturated heterocycles. The molecular weight excluding hydrogens is 468 g/mol. The number of imide groups is 1. The summed E-state index contributed by atoms with van der Waals surface area (Å²) in [5, 5.41) is 2.23. The molecule has 2 heterocycles. The lowest BCUT2D eigenvalue weighted by atomic mass is 9.90. The van der Waals surface area contributed by atoms with E-state index in [-0.39, 0.29) is 11.8 Å². The molecule has 2 fully saturated rings. The molecule has 30 heavy (non-hydrogen) atoms. The zero-order chi connectivity index (χ0) is 20.8. The van der Waals surface area contributed by atoms with E-state index in [0.29, 0.717) is 10.7 Å². The molecule has 0 radical (unpaired) electrons. The van der Waals surface area contributed by atoms with Crippen molar-refractivity contribution in [3.63, 3.8) is 0 Å². The fourth-order valence-corrected chi connectivity index (χ4v) is 4.45. The van der Waals surface area contributed by atoms with Crippen molar-refractivity contribution in [2.45, 2.75) is 12.1 Å². The molecule has 2 amide bonds. The first-order valence-electron chi connectivity index (χ1n) is 9.44. The maximum Gasteiger partial charge on any atom is 0.266 e. The summed E-state index contributed by atoms with van der Waals surface area (Å²) in [6.07, 6.45) is -0.887. The van der Waals surface area contributed by atoms with Crippen LogP contribution in [-0.4, -0.2) is 17.9 Å². The van der Waals surface area contributed by atoms with Gasteiger partial charge in [-0.3, -0.25) is 14.4 Å². The number of fused-ring (bicyclic) bond motifs is 1. The number of benzene rings is 3. The summed E-state index contributed by atoms with van der Waals surface area (Å²) in [5.41, 5.74) is 2.18. The van der Waals surface area contributed by atoms with Crippen LogP contribution in [-0.2, 0) is 14.4 Å². The summed E-state index contributed by atoms with van der Waals surface area (Å²) in [5.74, 6) is -1.30. The van der Waals surface area contributed by atoms with Gasteiger partial charge in [-0.15, -0.1) is 0 Å². The van der Waals surface area contributed by atoms with Crippen molar-refractivity contribution in [1.29, 1.82) is 0 Å². The van der Waals surface area contributed by atoms with E-state index in [9.17, 15) is 9.59 Å². The van der Waals surface area contributed by atoms with Crippen LogP contribution in [0, 0.1) is 5.92 Å². The van der Waals surface area contributed by atoms with Gasteiger partial charge in [0.2, 0.25) is 5.91 Å². The van der Waals surface area contributed by atoms with E-state index in [0.717, 1.165) is 15.7 Å². The lowest BCUT2D eigenvalue weighted by Gasteiger charge is -2.28. The average molecular weight is 484 g/mol. The summed E-state index contributed by atoms with van der Waals surface area (Å²) in [7, 11) is 0. The van der Waals surface area contributed by atoms with Gasteiger partial charge in [0.25, 0.3) is 5.91 Å². The van der Waals surface area contributed by atoms with Gasteiger partial charge in [0.05, 0.1) is 17.4 Å². The van der Waals surface area contributed by atoms with Crippen molar-refractivity contribution in [1.82, 2.24) is 0 Å². The Morgan fingerprint density at radius 2 is 1.47 bits per heavy atom. The normalized spacial score (nSPS) is 23.2. The molecule has 0 bridgehead atoms. The Morgan fingerprint density at radius 3 is 2.13 bits per heavy atom. The van der Waals surface area contributed by atoms with E-state index in [2.05, 4.69) is 15.9 Å². The number of carbonyl (C=O) groups is 2. The second-order valence-corrected chi connectivity index (χ2v) is 8.55. The minimum absolute atomic E-state index is 0.279. The topological polar surface area (TPSA) is 49.9 Å². The molecule has 3 aromatic rings. The average Bonchev–Trinajstić information content (AvgIpc) is 3.27. The monoisotopic (exact) mass is 482 g/mol. The van der Waals surface area contributed by atoms with Crippen LogP contribution >= 0.6 is 27.5 Å². The van der Waals surface area contributed by atoms with Crippen molar-refractivity contribution in [2.75, 3.05) is 9.96 Å². The molecule has 0 unspecified atom stereocenters. The van der Waals surface area contributed by atoms with Crippen LogP contribution in [0.2, 0.25) is 5.02 Å². The number of para-hydroxylation sites is 1. The molecule has 5 rings (SSSR count). The van der Waals surface area contributed by atoms with Crippen molar-refractivity contribution < 1.29 is 14.4 Å². The van der Waals surface area contributed by atoms with Crippen molar-refractivity contribution >= 4 is 50.7 Å². The van der Waals surface area contributed by atoms with E-state index in [1.54, 1.807) is 29.3 Å². The van der Waals surface area contributed by atoms with E-state index < -0.39 is 18.1 Å². The maximum atomic E-state index is 13.5. The molecular formula is C23H16BrClN2O3. The third-order valence-corrected chi connectivity index (χ3v) is 6.20. The Hall–Kier alpha value is -2.67. The molecule has 0 aromatic heterocycles. The fraction of sp³-hybridized carbons (Fsp3) is 0.130. The van der Waals surface area contributed by atoms with Crippen molar-refractivity contribution in [3.05, 3.63) is 93.9 Å². The third-order valence-electron chi connectivity index (χ3n) is 5.42. The van der Waals surface area contributed by atoms with Crippen LogP contribution < -0.4 is 9.96 Å². The molecule has 2 aliphatic rings. The molecule has 0 spiro atoms. The first-order valence-corrected chi connectivity index (χ1v) is 10.6. The largest absolute Gasteiger partial charge is 0.273 e. The number of amides is 2. The fourth-order valence-electron chi connectivity index (χ4n) is 4.06. The van der Waals surface area contributed by atoms with Crippen LogP contribution in [0.4, 0.5) is 11.4 Å². The Labute approximate surface area is 186 Å². The van der Waals surface area contributed by atoms with Gasteiger partial charge < -0.3 is 0 Å². The molecule has 0 N–H and O–H groups in total. The number of rotatable bonds is 3. The molecule has 5 nitrogen and oxygen atoms in total. The van der Waals surface area contributed by atoms with Gasteiger partial charge >= 0.3 is 0 Å². The number of hydrogen-bond donors (Lipinski definition) is 0. The smallest absolute Gasteiger partial charge is 0.266 e. The van der Waals surface area contributed by atoms with Crippen molar-refractivity contribution in [3.8, 4) is 0 Å². The van der Waals surface area contributed by atoms with Crippen molar-refractivity contribution in [2.24, 2.45) is 5.92 Å². The molecule has 3 atom stereocenters. The highest BCUT2D eigenvalue weighted by atomic mass is 79.9. The molecule has 7 heteroatoms. The second kappa shape index (κ2) is 7.54. The number of anilines is 2. The number of hydroxylamine groups is 1. The van der Waals surface area contributed by atoms with Gasteiger partial charge in [0.1, 0.15) is 5.92 Å². The van der Waals surface area contributed by atoms with Gasteiger partial charge in [-0.25, -0.2) is 9.96 Å². The SMILES string of the molecule is O=C1[C@H]2[C@H](ON(c3ccccc3)[C@H]2c2ccc(Br)cc2)C(=O)N1c1ccc(Cl)cc1. The lowest BCUT2D eigenvalue weighted by molar-refractivity contribution is -0.126. The summed E-state index contributed by atoms with van der Waals surface area (Å²) in [6, 6.07) is 23.5. The number of halogens is 2. The predicted molar refractivity (Wildman–Crippen MR) is 118 cm³/mol. The highest BCUT2D eigenvalue weighted by Crippen LogP contribution is 2.47. The Balaban J connectivity index is 1.58. The molecule has 0 saturated carbocycles.